The Morgan fingerprint density at radius 1 is 0.873 bits per heavy atom. The van der Waals surface area contributed by atoms with Gasteiger partial charge in [-0.2, -0.15) is 0 Å². The zero-order chi connectivity index (χ0) is 48.9. The molecule has 17 heteroatoms. The molecule has 4 atom stereocenters. The van der Waals surface area contributed by atoms with Crippen molar-refractivity contribution in [3.63, 3.8) is 0 Å². The van der Waals surface area contributed by atoms with Crippen LogP contribution < -0.4 is 35.6 Å². The number of benzene rings is 1. The van der Waals surface area contributed by atoms with E-state index < -0.39 is 0 Å². The van der Waals surface area contributed by atoms with Crippen molar-refractivity contribution >= 4 is 46.4 Å². The molecule has 71 heavy (non-hydrogen) atoms. The molecule has 3 amide bonds. The van der Waals surface area contributed by atoms with Gasteiger partial charge in [0, 0.05) is 120 Å². The number of aliphatic hydroxyl groups excluding tert-OH is 1. The Labute approximate surface area is 413 Å². The highest BCUT2D eigenvalue weighted by atomic mass is 16.5. The van der Waals surface area contributed by atoms with Crippen molar-refractivity contribution in [2.45, 2.75) is 116 Å². The number of fused-ring (bicyclic) bond motifs is 7. The first-order valence-electron chi connectivity index (χ1n) is 25.5. The zero-order valence-corrected chi connectivity index (χ0v) is 41.1. The predicted octanol–water partition coefficient (Wildman–Crippen LogP) is 5.12. The normalized spacial score (nSPS) is 24.1. The van der Waals surface area contributed by atoms with E-state index in [0.717, 1.165) is 69.7 Å². The van der Waals surface area contributed by atoms with Crippen molar-refractivity contribution in [3.8, 4) is 16.9 Å². The third-order valence-electron chi connectivity index (χ3n) is 16.5. The third kappa shape index (κ3) is 8.15. The number of hydrogen-bond donors (Lipinski definition) is 3. The van der Waals surface area contributed by atoms with Gasteiger partial charge in [0.15, 0.2) is 0 Å². The zero-order valence-electron chi connectivity index (χ0n) is 41.1. The number of hydrogen-bond acceptors (Lipinski definition) is 13. The highest BCUT2D eigenvalue weighted by Crippen LogP contribution is 2.44. The predicted molar refractivity (Wildman–Crippen MR) is 270 cm³/mol. The maximum atomic E-state index is 14.0. The maximum Gasteiger partial charge on any atom is 0.276 e. The minimum absolute atomic E-state index is 0.123. The van der Waals surface area contributed by atoms with Crippen LogP contribution in [0.5, 0.6) is 5.75 Å². The van der Waals surface area contributed by atoms with Gasteiger partial charge in [0.05, 0.1) is 36.8 Å². The fraction of sp³-hybridized carbons (Fsp3) is 0.481. The van der Waals surface area contributed by atoms with Gasteiger partial charge in [-0.3, -0.25) is 39.2 Å². The first kappa shape index (κ1) is 45.6. The lowest BCUT2D eigenvalue weighted by Gasteiger charge is -2.48. The summed E-state index contributed by atoms with van der Waals surface area (Å²) in [4.78, 5) is 73.1. The smallest absolute Gasteiger partial charge is 0.276 e. The molecule has 3 fully saturated rings. The van der Waals surface area contributed by atoms with Crippen LogP contribution in [0.15, 0.2) is 65.8 Å². The number of rotatable bonds is 8. The number of aromatic nitrogens is 4. The first-order chi connectivity index (χ1) is 34.3. The summed E-state index contributed by atoms with van der Waals surface area (Å²) in [6, 6.07) is 15.0. The van der Waals surface area contributed by atoms with E-state index in [1.54, 1.807) is 30.4 Å². The van der Waals surface area contributed by atoms with E-state index in [9.17, 15) is 24.3 Å². The average molecular weight is 962 g/mol. The van der Waals surface area contributed by atoms with Crippen molar-refractivity contribution in [1.29, 1.82) is 0 Å². The Hall–Kier alpha value is -6.56. The van der Waals surface area contributed by atoms with Crippen LogP contribution in [0.4, 0.5) is 28.7 Å². The summed E-state index contributed by atoms with van der Waals surface area (Å²) in [5.74, 6) is 1.41. The number of amides is 3. The van der Waals surface area contributed by atoms with Crippen LogP contribution in [0.1, 0.15) is 91.3 Å². The van der Waals surface area contributed by atoms with Crippen LogP contribution >= 0.6 is 0 Å². The van der Waals surface area contributed by atoms with Gasteiger partial charge in [-0.25, -0.2) is 9.97 Å². The molecule has 3 N–H and O–H groups in total. The van der Waals surface area contributed by atoms with E-state index in [2.05, 4.69) is 78.8 Å². The molecule has 0 spiro atoms. The first-order valence-corrected chi connectivity index (χ1v) is 25.5. The van der Waals surface area contributed by atoms with Crippen molar-refractivity contribution in [3.05, 3.63) is 105 Å². The number of piperidine rings is 2. The highest BCUT2D eigenvalue weighted by molar-refractivity contribution is 6.06. The summed E-state index contributed by atoms with van der Waals surface area (Å²) in [7, 11) is 1.71. The number of nitrogens with zero attached hydrogens (tertiary/aromatic N) is 9. The fourth-order valence-corrected chi connectivity index (χ4v) is 13.0. The standard InChI is InChI=1S/C54H63N11O6/c1-32-27-60(37-10-13-63-38(23-37)11-18-71-47-22-35-30-61(29-34(35)21-44(47)63)43-6-8-49(67)58-51(43)68)14-15-62(32)39-5-7-48(56-26-39)57-42-19-36(28-59(4)52(42)69)40-9-12-55-50(41(40)31-66)65-17-16-64-45(53(65)70)20-33-24-54(2,3)25-46(33)64/h5,7,9,12,19-22,26,28,32,37-38,43,66H,6,8,10-11,13-18,23-25,27,29-31H2,1-4H3,(H,56,57)(H,58,67,68)/t32-,37-,38+,43?/m1/s1. The van der Waals surface area contributed by atoms with Crippen molar-refractivity contribution in [1.82, 2.24) is 34.2 Å². The number of ether oxygens (including phenoxy) is 1. The molecule has 10 heterocycles. The number of carbonyl (C=O) groups excluding carboxylic acids is 3. The van der Waals surface area contributed by atoms with Crippen LogP contribution in [-0.4, -0.2) is 115 Å². The van der Waals surface area contributed by atoms with Gasteiger partial charge in [-0.05, 0) is 109 Å². The fourth-order valence-electron chi connectivity index (χ4n) is 13.0. The van der Waals surface area contributed by atoms with E-state index in [4.69, 9.17) is 9.72 Å². The van der Waals surface area contributed by atoms with Gasteiger partial charge in [-0.15, -0.1) is 0 Å². The minimum Gasteiger partial charge on any atom is -0.491 e. The molecule has 4 aromatic heterocycles. The van der Waals surface area contributed by atoms with Crippen molar-refractivity contribution in [2.24, 2.45) is 12.5 Å². The number of carbonyl (C=O) groups is 3. The van der Waals surface area contributed by atoms with Gasteiger partial charge < -0.3 is 34.1 Å². The molecule has 1 aromatic carbocycles. The van der Waals surface area contributed by atoms with Crippen LogP contribution in [0.3, 0.4) is 0 Å². The molecule has 1 unspecified atom stereocenters. The molecule has 0 saturated carbocycles. The Morgan fingerprint density at radius 2 is 1.72 bits per heavy atom. The topological polar surface area (TPSA) is 174 Å². The molecule has 3 saturated heterocycles. The quantitative estimate of drug-likeness (QED) is 0.175. The van der Waals surface area contributed by atoms with Crippen molar-refractivity contribution in [2.75, 3.05) is 59.3 Å². The second kappa shape index (κ2) is 17.6. The SMILES string of the molecule is C[C@@H]1CN([C@@H]2CCN3c4cc5c(cc4OCC[C@H]3C2)CN(C2CCC(=O)NC2=O)C5)CCN1c1ccc(Nc2cc(-c3ccnc(N4CCn5c(cc6c5CC(C)(C)C6)C4=O)c3CO)cn(C)c2=O)nc1. The number of anilines is 5. The van der Waals surface area contributed by atoms with E-state index in [1.807, 2.05) is 24.4 Å². The van der Waals surface area contributed by atoms with Gasteiger partial charge in [0.25, 0.3) is 11.5 Å². The number of aryl methyl sites for hydroxylation is 1. The lowest BCUT2D eigenvalue weighted by Crippen LogP contribution is -2.58. The molecule has 1 aliphatic carbocycles. The van der Waals surface area contributed by atoms with Crippen molar-refractivity contribution < 1.29 is 24.2 Å². The largest absolute Gasteiger partial charge is 0.491 e. The van der Waals surface area contributed by atoms with Crippen LogP contribution in [0.2, 0.25) is 0 Å². The number of imide groups is 1. The molecule has 6 aliphatic heterocycles. The Kier molecular flexibility index (Phi) is 11.3. The molecule has 17 nitrogen and oxygen atoms in total. The van der Waals surface area contributed by atoms with Crippen LogP contribution in [0, 0.1) is 5.41 Å². The van der Waals surface area contributed by atoms with E-state index in [0.29, 0.717) is 97.4 Å². The maximum absolute atomic E-state index is 14.0. The summed E-state index contributed by atoms with van der Waals surface area (Å²) in [5.41, 5.74) is 10.0. The number of piperazine rings is 1. The summed E-state index contributed by atoms with van der Waals surface area (Å²) in [6.07, 6.45) is 11.2. The summed E-state index contributed by atoms with van der Waals surface area (Å²) >= 11 is 0. The minimum atomic E-state index is -0.335. The monoisotopic (exact) mass is 961 g/mol. The van der Waals surface area contributed by atoms with E-state index in [1.165, 1.54) is 32.6 Å². The lowest BCUT2D eigenvalue weighted by atomic mass is 9.90. The molecule has 370 valence electrons. The highest BCUT2D eigenvalue weighted by Gasteiger charge is 2.41. The Morgan fingerprint density at radius 3 is 2.51 bits per heavy atom. The third-order valence-corrected chi connectivity index (χ3v) is 16.5. The summed E-state index contributed by atoms with van der Waals surface area (Å²) < 4.78 is 10.1. The molecule has 7 aliphatic rings. The Balaban J connectivity index is 0.691. The molecule has 12 rings (SSSR count). The summed E-state index contributed by atoms with van der Waals surface area (Å²) in [5, 5.41) is 16.6. The summed E-state index contributed by atoms with van der Waals surface area (Å²) in [6.45, 7) is 13.4. The van der Waals surface area contributed by atoms with Gasteiger partial charge >= 0.3 is 0 Å². The molecular weight excluding hydrogens is 899 g/mol. The Bertz CT molecular complexity index is 3040. The molecule has 5 aromatic rings. The van der Waals surface area contributed by atoms with Gasteiger partial charge in [0.2, 0.25) is 11.8 Å². The van der Waals surface area contributed by atoms with Gasteiger partial charge in [-0.1, -0.05) is 13.8 Å². The second-order valence-corrected chi connectivity index (χ2v) is 21.7. The number of aliphatic hydroxyl groups is 1. The van der Waals surface area contributed by atoms with E-state index in [-0.39, 0.29) is 47.4 Å². The van der Waals surface area contributed by atoms with Gasteiger partial charge in [0.1, 0.15) is 28.8 Å². The van der Waals surface area contributed by atoms with E-state index >= 15 is 0 Å². The van der Waals surface area contributed by atoms with Crippen LogP contribution in [-0.2, 0) is 55.7 Å². The van der Waals surface area contributed by atoms with Crippen LogP contribution in [0.25, 0.3) is 11.1 Å². The lowest BCUT2D eigenvalue weighted by molar-refractivity contribution is -0.137. The number of nitrogens with one attached hydrogen (secondary N) is 2. The molecular formula is C54H63N11O6. The molecule has 0 bridgehead atoms. The average Bonchev–Trinajstić information content (AvgIpc) is 3.98. The second-order valence-electron chi connectivity index (χ2n) is 21.7. The molecule has 0 radical (unpaired) electrons. The number of pyridine rings is 3.